The van der Waals surface area contributed by atoms with Gasteiger partial charge in [-0.15, -0.1) is 11.3 Å². The van der Waals surface area contributed by atoms with Crippen molar-refractivity contribution in [3.05, 3.63) is 27.8 Å². The topological polar surface area (TPSA) is 87.5 Å². The average molecular weight is 251 g/mol. The van der Waals surface area contributed by atoms with Gasteiger partial charge in [-0.1, -0.05) is 0 Å². The molecule has 88 valence electrons. The number of fused-ring (bicyclic) bond motifs is 1. The highest BCUT2D eigenvalue weighted by molar-refractivity contribution is 7.17. The number of aromatic carboxylic acids is 2. The van der Waals surface area contributed by atoms with Crippen LogP contribution in [0.5, 0.6) is 0 Å². The van der Waals surface area contributed by atoms with Gasteiger partial charge in [0.1, 0.15) is 4.83 Å². The molecule has 2 aromatic heterocycles. The first-order valence-corrected chi connectivity index (χ1v) is 5.66. The molecule has 0 amide bonds. The van der Waals surface area contributed by atoms with Gasteiger partial charge in [0.25, 0.3) is 0 Å². The summed E-state index contributed by atoms with van der Waals surface area (Å²) in [6.07, 6.45) is 0. The standard InChI is InChI=1S/C11H9NO4S/c1-4-3-17-9-6(4)5(2)7(10(13)14)8(12-9)11(15)16/h3H,1-2H3,(H,13,14)(H,15,16). The van der Waals surface area contributed by atoms with Crippen LogP contribution in [0, 0.1) is 13.8 Å². The highest BCUT2D eigenvalue weighted by Crippen LogP contribution is 2.30. The minimum absolute atomic E-state index is 0.230. The summed E-state index contributed by atoms with van der Waals surface area (Å²) in [5, 5.41) is 20.6. The fraction of sp³-hybridized carbons (Fsp3) is 0.182. The zero-order valence-electron chi connectivity index (χ0n) is 9.14. The summed E-state index contributed by atoms with van der Waals surface area (Å²) in [5.74, 6) is -2.58. The molecule has 0 saturated heterocycles. The first kappa shape index (κ1) is 11.5. The molecular weight excluding hydrogens is 242 g/mol. The van der Waals surface area contributed by atoms with E-state index >= 15 is 0 Å². The number of aryl methyl sites for hydroxylation is 2. The molecule has 6 heteroatoms. The lowest BCUT2D eigenvalue weighted by atomic mass is 10.0. The molecule has 0 spiro atoms. The van der Waals surface area contributed by atoms with E-state index in [0.29, 0.717) is 10.4 Å². The maximum absolute atomic E-state index is 11.1. The van der Waals surface area contributed by atoms with Crippen LogP contribution >= 0.6 is 11.3 Å². The van der Waals surface area contributed by atoms with Gasteiger partial charge in [-0.3, -0.25) is 0 Å². The first-order chi connectivity index (χ1) is 7.93. The summed E-state index contributed by atoms with van der Waals surface area (Å²) < 4.78 is 0. The molecule has 0 unspecified atom stereocenters. The fourth-order valence-electron chi connectivity index (χ4n) is 1.85. The number of pyridine rings is 1. The maximum atomic E-state index is 11.1. The Morgan fingerprint density at radius 3 is 2.41 bits per heavy atom. The number of hydrogen-bond donors (Lipinski definition) is 2. The quantitative estimate of drug-likeness (QED) is 0.855. The Hall–Kier alpha value is -1.95. The minimum Gasteiger partial charge on any atom is -0.478 e. The van der Waals surface area contributed by atoms with Crippen LogP contribution in [-0.2, 0) is 0 Å². The number of rotatable bonds is 2. The summed E-state index contributed by atoms with van der Waals surface area (Å²) >= 11 is 1.31. The van der Waals surface area contributed by atoms with Gasteiger partial charge in [-0.25, -0.2) is 14.6 Å². The lowest BCUT2D eigenvalue weighted by Crippen LogP contribution is -2.12. The number of aromatic nitrogens is 1. The second-order valence-electron chi connectivity index (χ2n) is 3.67. The molecule has 2 N–H and O–H groups in total. The van der Waals surface area contributed by atoms with E-state index in [1.54, 1.807) is 6.92 Å². The molecule has 17 heavy (non-hydrogen) atoms. The van der Waals surface area contributed by atoms with E-state index < -0.39 is 17.6 Å². The summed E-state index contributed by atoms with van der Waals surface area (Å²) in [5.41, 5.74) is 0.740. The summed E-state index contributed by atoms with van der Waals surface area (Å²) in [6, 6.07) is 0. The molecule has 0 aliphatic carbocycles. The lowest BCUT2D eigenvalue weighted by molar-refractivity contribution is 0.0646. The molecular formula is C11H9NO4S. The van der Waals surface area contributed by atoms with E-state index in [0.717, 1.165) is 10.9 Å². The van der Waals surface area contributed by atoms with Crippen LogP contribution in [0.3, 0.4) is 0 Å². The highest BCUT2D eigenvalue weighted by atomic mass is 32.1. The van der Waals surface area contributed by atoms with E-state index in [1.807, 2.05) is 12.3 Å². The van der Waals surface area contributed by atoms with Crippen molar-refractivity contribution in [2.24, 2.45) is 0 Å². The fourth-order valence-corrected chi connectivity index (χ4v) is 2.83. The van der Waals surface area contributed by atoms with Crippen LogP contribution < -0.4 is 0 Å². The predicted molar refractivity (Wildman–Crippen MR) is 63.0 cm³/mol. The smallest absolute Gasteiger partial charge is 0.355 e. The monoisotopic (exact) mass is 251 g/mol. The Kier molecular flexibility index (Phi) is 2.59. The van der Waals surface area contributed by atoms with Gasteiger partial charge < -0.3 is 10.2 Å². The molecule has 2 aromatic rings. The normalized spacial score (nSPS) is 10.7. The molecule has 0 fully saturated rings. The Morgan fingerprint density at radius 2 is 1.88 bits per heavy atom. The third kappa shape index (κ3) is 1.66. The highest BCUT2D eigenvalue weighted by Gasteiger charge is 2.23. The van der Waals surface area contributed by atoms with Crippen LogP contribution in [0.2, 0.25) is 0 Å². The predicted octanol–water partition coefficient (Wildman–Crippen LogP) is 2.31. The van der Waals surface area contributed by atoms with E-state index in [-0.39, 0.29) is 5.56 Å². The van der Waals surface area contributed by atoms with Gasteiger partial charge in [0.2, 0.25) is 0 Å². The van der Waals surface area contributed by atoms with Gasteiger partial charge in [0, 0.05) is 5.39 Å². The van der Waals surface area contributed by atoms with Gasteiger partial charge in [-0.2, -0.15) is 0 Å². The van der Waals surface area contributed by atoms with Crippen LogP contribution in [0.1, 0.15) is 32.0 Å². The molecule has 0 aliphatic rings. The van der Waals surface area contributed by atoms with Crippen molar-refractivity contribution < 1.29 is 19.8 Å². The molecule has 0 bridgehead atoms. The molecule has 0 saturated carbocycles. The van der Waals surface area contributed by atoms with Gasteiger partial charge in [-0.05, 0) is 30.4 Å². The van der Waals surface area contributed by atoms with Crippen LogP contribution in [0.15, 0.2) is 5.38 Å². The molecule has 5 nitrogen and oxygen atoms in total. The van der Waals surface area contributed by atoms with Crippen molar-refractivity contribution in [2.45, 2.75) is 13.8 Å². The lowest BCUT2D eigenvalue weighted by Gasteiger charge is -2.06. The van der Waals surface area contributed by atoms with Crippen molar-refractivity contribution in [1.82, 2.24) is 4.98 Å². The number of carboxylic acids is 2. The van der Waals surface area contributed by atoms with Crippen LogP contribution in [0.4, 0.5) is 0 Å². The molecule has 0 aromatic carbocycles. The van der Waals surface area contributed by atoms with Crippen molar-refractivity contribution in [2.75, 3.05) is 0 Å². The van der Waals surface area contributed by atoms with Crippen molar-refractivity contribution in [3.8, 4) is 0 Å². The Morgan fingerprint density at radius 1 is 1.24 bits per heavy atom. The van der Waals surface area contributed by atoms with Crippen molar-refractivity contribution in [3.63, 3.8) is 0 Å². The number of hydrogen-bond acceptors (Lipinski definition) is 4. The Labute approximate surface area is 100 Å². The van der Waals surface area contributed by atoms with E-state index in [1.165, 1.54) is 11.3 Å². The molecule has 0 atom stereocenters. The zero-order chi connectivity index (χ0) is 12.7. The Balaban J connectivity index is 2.96. The van der Waals surface area contributed by atoms with Gasteiger partial charge >= 0.3 is 11.9 Å². The van der Waals surface area contributed by atoms with Crippen molar-refractivity contribution >= 4 is 33.5 Å². The maximum Gasteiger partial charge on any atom is 0.355 e. The minimum atomic E-state index is -1.32. The molecule has 0 aliphatic heterocycles. The summed E-state index contributed by atoms with van der Waals surface area (Å²) in [4.78, 5) is 26.6. The average Bonchev–Trinajstić information content (AvgIpc) is 2.59. The van der Waals surface area contributed by atoms with Gasteiger partial charge in [0.05, 0.1) is 5.56 Å². The second kappa shape index (κ2) is 3.81. The van der Waals surface area contributed by atoms with Gasteiger partial charge in [0.15, 0.2) is 5.69 Å². The van der Waals surface area contributed by atoms with E-state index in [9.17, 15) is 9.59 Å². The number of thiophene rings is 1. The Bertz CT molecular complexity index is 644. The summed E-state index contributed by atoms with van der Waals surface area (Å²) in [7, 11) is 0. The largest absolute Gasteiger partial charge is 0.478 e. The molecule has 2 rings (SSSR count). The molecule has 2 heterocycles. The molecule has 0 radical (unpaired) electrons. The number of carboxylic acid groups (broad SMARTS) is 2. The zero-order valence-corrected chi connectivity index (χ0v) is 9.96. The van der Waals surface area contributed by atoms with Crippen molar-refractivity contribution in [1.29, 1.82) is 0 Å². The first-order valence-electron chi connectivity index (χ1n) is 4.78. The summed E-state index contributed by atoms with van der Waals surface area (Å²) in [6.45, 7) is 3.46. The van der Waals surface area contributed by atoms with E-state index in [2.05, 4.69) is 4.98 Å². The third-order valence-corrected chi connectivity index (χ3v) is 3.56. The number of carbonyl (C=O) groups is 2. The third-order valence-electron chi connectivity index (χ3n) is 2.57. The van der Waals surface area contributed by atoms with Crippen LogP contribution in [0.25, 0.3) is 10.2 Å². The number of nitrogens with zero attached hydrogens (tertiary/aromatic N) is 1. The van der Waals surface area contributed by atoms with E-state index in [4.69, 9.17) is 10.2 Å². The van der Waals surface area contributed by atoms with Crippen LogP contribution in [-0.4, -0.2) is 27.1 Å². The second-order valence-corrected chi connectivity index (χ2v) is 4.53. The SMILES string of the molecule is Cc1csc2nc(C(=O)O)c(C(=O)O)c(C)c12.